The summed E-state index contributed by atoms with van der Waals surface area (Å²) < 4.78 is 5.57. The fourth-order valence-electron chi connectivity index (χ4n) is 2.86. The van der Waals surface area contributed by atoms with Crippen molar-refractivity contribution < 1.29 is 19.4 Å². The molecule has 2 aromatic rings. The third kappa shape index (κ3) is 4.13. The predicted molar refractivity (Wildman–Crippen MR) is 94.5 cm³/mol. The van der Waals surface area contributed by atoms with Crippen molar-refractivity contribution in [3.63, 3.8) is 0 Å². The average molecular weight is 328 g/mol. The van der Waals surface area contributed by atoms with Gasteiger partial charge in [0.1, 0.15) is 6.10 Å². The molecule has 1 atom stereocenters. The van der Waals surface area contributed by atoms with Crippen molar-refractivity contribution in [3.05, 3.63) is 47.5 Å². The molecule has 4 nitrogen and oxygen atoms in total. The van der Waals surface area contributed by atoms with Crippen LogP contribution in [0.5, 0.6) is 0 Å². The molecule has 0 aliphatic carbocycles. The van der Waals surface area contributed by atoms with E-state index in [0.717, 1.165) is 37.5 Å². The molecule has 0 fully saturated rings. The van der Waals surface area contributed by atoms with Gasteiger partial charge in [-0.15, -0.1) is 0 Å². The molecule has 0 amide bonds. The van der Waals surface area contributed by atoms with Gasteiger partial charge >= 0.3 is 11.9 Å². The number of benzene rings is 2. The molecule has 0 saturated heterocycles. The molecular weight excluding hydrogens is 304 g/mol. The van der Waals surface area contributed by atoms with Crippen LogP contribution in [0, 0.1) is 0 Å². The van der Waals surface area contributed by atoms with Crippen molar-refractivity contribution in [1.29, 1.82) is 0 Å². The first-order valence-corrected chi connectivity index (χ1v) is 8.54. The molecule has 0 heterocycles. The first kappa shape index (κ1) is 18.0. The highest BCUT2D eigenvalue weighted by atomic mass is 16.5. The number of ether oxygens (including phenoxy) is 1. The summed E-state index contributed by atoms with van der Waals surface area (Å²) in [6.45, 7) is 4.10. The summed E-state index contributed by atoms with van der Waals surface area (Å²) in [4.78, 5) is 24.2. The Balaban J connectivity index is 2.28. The van der Waals surface area contributed by atoms with E-state index in [1.54, 1.807) is 24.3 Å². The molecule has 0 aliphatic rings. The number of carboxylic acids is 1. The number of hydrogen-bond donors (Lipinski definition) is 1. The van der Waals surface area contributed by atoms with E-state index in [2.05, 4.69) is 6.92 Å². The number of carbonyl (C=O) groups excluding carboxylic acids is 1. The van der Waals surface area contributed by atoms with E-state index in [1.807, 2.05) is 19.1 Å². The highest BCUT2D eigenvalue weighted by Gasteiger charge is 2.22. The SMILES string of the molecule is CCCCCC(CC)OC(=O)c1ccc2ccccc2c1C(=O)O. The third-order valence-electron chi connectivity index (χ3n) is 4.22. The quantitative estimate of drug-likeness (QED) is 0.544. The van der Waals surface area contributed by atoms with E-state index < -0.39 is 11.9 Å². The number of carboxylic acid groups (broad SMARTS) is 1. The van der Waals surface area contributed by atoms with Crippen LogP contribution in [0.15, 0.2) is 36.4 Å². The van der Waals surface area contributed by atoms with Crippen LogP contribution in [0.25, 0.3) is 10.8 Å². The lowest BCUT2D eigenvalue weighted by Gasteiger charge is -2.17. The van der Waals surface area contributed by atoms with Gasteiger partial charge in [-0.2, -0.15) is 0 Å². The maximum atomic E-state index is 12.5. The summed E-state index contributed by atoms with van der Waals surface area (Å²) >= 11 is 0. The normalized spacial score (nSPS) is 12.1. The molecule has 0 spiro atoms. The fourth-order valence-corrected chi connectivity index (χ4v) is 2.86. The number of rotatable bonds is 8. The van der Waals surface area contributed by atoms with Crippen LogP contribution < -0.4 is 0 Å². The fraction of sp³-hybridized carbons (Fsp3) is 0.400. The topological polar surface area (TPSA) is 63.6 Å². The van der Waals surface area contributed by atoms with Crippen molar-refractivity contribution in [1.82, 2.24) is 0 Å². The Hall–Kier alpha value is -2.36. The maximum Gasteiger partial charge on any atom is 0.339 e. The zero-order valence-electron chi connectivity index (χ0n) is 14.2. The van der Waals surface area contributed by atoms with Gasteiger partial charge in [0.15, 0.2) is 0 Å². The zero-order valence-corrected chi connectivity index (χ0v) is 14.2. The van der Waals surface area contributed by atoms with Gasteiger partial charge in [-0.1, -0.05) is 57.0 Å². The number of hydrogen-bond acceptors (Lipinski definition) is 3. The van der Waals surface area contributed by atoms with Crippen LogP contribution in [0.3, 0.4) is 0 Å². The van der Waals surface area contributed by atoms with Crippen LogP contribution in [-0.4, -0.2) is 23.1 Å². The lowest BCUT2D eigenvalue weighted by atomic mass is 9.99. The molecule has 4 heteroatoms. The lowest BCUT2D eigenvalue weighted by molar-refractivity contribution is 0.0262. The average Bonchev–Trinajstić information content (AvgIpc) is 2.59. The highest BCUT2D eigenvalue weighted by Crippen LogP contribution is 2.24. The van der Waals surface area contributed by atoms with Gasteiger partial charge in [-0.25, -0.2) is 9.59 Å². The second-order valence-corrected chi connectivity index (χ2v) is 5.95. The Bertz CT molecular complexity index is 721. The van der Waals surface area contributed by atoms with Gasteiger partial charge in [0.25, 0.3) is 0 Å². The van der Waals surface area contributed by atoms with E-state index in [9.17, 15) is 14.7 Å². The minimum absolute atomic E-state index is 0.0153. The second kappa shape index (κ2) is 8.48. The van der Waals surface area contributed by atoms with E-state index in [-0.39, 0.29) is 17.2 Å². The lowest BCUT2D eigenvalue weighted by Crippen LogP contribution is -2.20. The molecule has 1 unspecified atom stereocenters. The Kier molecular flexibility index (Phi) is 6.36. The Labute approximate surface area is 142 Å². The summed E-state index contributed by atoms with van der Waals surface area (Å²) in [5.41, 5.74) is 0.136. The second-order valence-electron chi connectivity index (χ2n) is 5.95. The molecule has 2 aromatic carbocycles. The van der Waals surface area contributed by atoms with Crippen molar-refractivity contribution >= 4 is 22.7 Å². The summed E-state index contributed by atoms with van der Waals surface area (Å²) in [6.07, 6.45) is 4.59. The van der Waals surface area contributed by atoms with Gasteiger partial charge in [-0.05, 0) is 36.1 Å². The van der Waals surface area contributed by atoms with Crippen molar-refractivity contribution in [3.8, 4) is 0 Å². The van der Waals surface area contributed by atoms with Crippen molar-refractivity contribution in [2.24, 2.45) is 0 Å². The largest absolute Gasteiger partial charge is 0.478 e. The number of carbonyl (C=O) groups is 2. The molecule has 0 bridgehead atoms. The number of fused-ring (bicyclic) bond motifs is 1. The highest BCUT2D eigenvalue weighted by molar-refractivity contribution is 6.12. The summed E-state index contributed by atoms with van der Waals surface area (Å²) in [7, 11) is 0. The molecule has 0 radical (unpaired) electrons. The molecule has 0 aromatic heterocycles. The molecular formula is C20H24O4. The molecule has 24 heavy (non-hydrogen) atoms. The zero-order chi connectivity index (χ0) is 17.5. The van der Waals surface area contributed by atoms with Crippen molar-refractivity contribution in [2.75, 3.05) is 0 Å². The van der Waals surface area contributed by atoms with E-state index in [4.69, 9.17) is 4.74 Å². The molecule has 2 rings (SSSR count). The Morgan fingerprint density at radius 3 is 2.50 bits per heavy atom. The number of aromatic carboxylic acids is 1. The van der Waals surface area contributed by atoms with Crippen molar-refractivity contribution in [2.45, 2.75) is 52.1 Å². The van der Waals surface area contributed by atoms with Crippen LogP contribution in [0.4, 0.5) is 0 Å². The van der Waals surface area contributed by atoms with Crippen LogP contribution in [0.1, 0.15) is 66.7 Å². The third-order valence-corrected chi connectivity index (χ3v) is 4.22. The standard InChI is InChI=1S/C20H24O4/c1-3-5-6-10-15(4-2)24-20(23)17-13-12-14-9-7-8-11-16(14)18(17)19(21)22/h7-9,11-13,15H,3-6,10H2,1-2H3,(H,21,22). The van der Waals surface area contributed by atoms with Crippen LogP contribution >= 0.6 is 0 Å². The van der Waals surface area contributed by atoms with E-state index >= 15 is 0 Å². The van der Waals surface area contributed by atoms with Crippen LogP contribution in [-0.2, 0) is 4.74 Å². The van der Waals surface area contributed by atoms with E-state index in [1.165, 1.54) is 0 Å². The first-order chi connectivity index (χ1) is 11.6. The Morgan fingerprint density at radius 2 is 1.83 bits per heavy atom. The van der Waals surface area contributed by atoms with Gasteiger partial charge < -0.3 is 9.84 Å². The molecule has 1 N–H and O–H groups in total. The molecule has 0 aliphatic heterocycles. The first-order valence-electron chi connectivity index (χ1n) is 8.54. The number of unbranched alkanes of at least 4 members (excludes halogenated alkanes) is 2. The van der Waals surface area contributed by atoms with Gasteiger partial charge in [0.2, 0.25) is 0 Å². The van der Waals surface area contributed by atoms with E-state index in [0.29, 0.717) is 5.39 Å². The minimum Gasteiger partial charge on any atom is -0.478 e. The minimum atomic E-state index is -1.11. The van der Waals surface area contributed by atoms with Gasteiger partial charge in [-0.3, -0.25) is 0 Å². The van der Waals surface area contributed by atoms with Gasteiger partial charge in [0, 0.05) is 0 Å². The smallest absolute Gasteiger partial charge is 0.339 e. The number of esters is 1. The predicted octanol–water partition coefficient (Wildman–Crippen LogP) is 5.05. The van der Waals surface area contributed by atoms with Gasteiger partial charge in [0.05, 0.1) is 11.1 Å². The molecule has 128 valence electrons. The van der Waals surface area contributed by atoms with Crippen LogP contribution in [0.2, 0.25) is 0 Å². The molecule has 0 saturated carbocycles. The summed E-state index contributed by atoms with van der Waals surface area (Å²) in [6, 6.07) is 10.5. The monoisotopic (exact) mass is 328 g/mol. The summed E-state index contributed by atoms with van der Waals surface area (Å²) in [5.74, 6) is -1.67. The Morgan fingerprint density at radius 1 is 1.08 bits per heavy atom. The summed E-state index contributed by atoms with van der Waals surface area (Å²) in [5, 5.41) is 10.9. The maximum absolute atomic E-state index is 12.5.